The Morgan fingerprint density at radius 1 is 1.14 bits per heavy atom. The number of halogens is 1. The smallest absolute Gasteiger partial charge is 0.119 e. The van der Waals surface area contributed by atoms with Gasteiger partial charge in [0.1, 0.15) is 5.75 Å². The van der Waals surface area contributed by atoms with Gasteiger partial charge < -0.3 is 14.6 Å². The van der Waals surface area contributed by atoms with Crippen LogP contribution in [0.25, 0.3) is 10.9 Å². The Kier molecular flexibility index (Phi) is 4.02. The highest BCUT2D eigenvalue weighted by atomic mass is 35.5. The number of aromatic nitrogens is 1. The minimum Gasteiger partial charge on any atom is -0.497 e. The molecule has 0 unspecified atom stereocenters. The van der Waals surface area contributed by atoms with Crippen molar-refractivity contribution in [3.63, 3.8) is 0 Å². The van der Waals surface area contributed by atoms with Crippen LogP contribution in [0.4, 0.5) is 5.69 Å². The molecule has 0 fully saturated rings. The fourth-order valence-electron chi connectivity index (χ4n) is 2.42. The number of ether oxygens (including phenoxy) is 1. The number of nitrogens with one attached hydrogen (secondary N) is 1. The summed E-state index contributed by atoms with van der Waals surface area (Å²) in [7, 11) is 1.69. The lowest BCUT2D eigenvalue weighted by molar-refractivity contribution is 0.415. The summed E-state index contributed by atoms with van der Waals surface area (Å²) >= 11 is 6.13. The van der Waals surface area contributed by atoms with Gasteiger partial charge in [-0.25, -0.2) is 0 Å². The van der Waals surface area contributed by atoms with Crippen molar-refractivity contribution in [2.24, 2.45) is 0 Å². The van der Waals surface area contributed by atoms with Crippen LogP contribution in [0, 0.1) is 0 Å². The molecular weight excluding hydrogens is 284 g/mol. The Hall–Kier alpha value is -2.13. The maximum atomic E-state index is 6.13. The summed E-state index contributed by atoms with van der Waals surface area (Å²) in [6.45, 7) is 1.70. The molecule has 0 aliphatic rings. The highest BCUT2D eigenvalue weighted by Crippen LogP contribution is 2.22. The summed E-state index contributed by atoms with van der Waals surface area (Å²) in [6.07, 6.45) is 2.10. The van der Waals surface area contributed by atoms with Crippen molar-refractivity contribution < 1.29 is 4.74 Å². The Balaban J connectivity index is 1.70. The number of hydrogen-bond donors (Lipinski definition) is 1. The topological polar surface area (TPSA) is 26.2 Å². The number of para-hydroxylation sites is 1. The Morgan fingerprint density at radius 2 is 2.00 bits per heavy atom. The summed E-state index contributed by atoms with van der Waals surface area (Å²) in [5.41, 5.74) is 2.18. The fourth-order valence-corrected chi connectivity index (χ4v) is 2.62. The summed E-state index contributed by atoms with van der Waals surface area (Å²) < 4.78 is 7.47. The van der Waals surface area contributed by atoms with Gasteiger partial charge in [-0.15, -0.1) is 0 Å². The first-order chi connectivity index (χ1) is 10.3. The van der Waals surface area contributed by atoms with Gasteiger partial charge >= 0.3 is 0 Å². The quantitative estimate of drug-likeness (QED) is 0.755. The molecule has 3 aromatic rings. The van der Waals surface area contributed by atoms with Crippen molar-refractivity contribution in [1.82, 2.24) is 4.57 Å². The molecule has 0 aliphatic heterocycles. The molecule has 0 aliphatic carbocycles. The van der Waals surface area contributed by atoms with Crippen molar-refractivity contribution in [2.75, 3.05) is 19.0 Å². The molecule has 0 spiro atoms. The highest BCUT2D eigenvalue weighted by Gasteiger charge is 2.03. The average molecular weight is 301 g/mol. The van der Waals surface area contributed by atoms with E-state index in [1.54, 1.807) is 7.11 Å². The molecular formula is C17H17ClN2O. The molecule has 0 saturated heterocycles. The lowest BCUT2D eigenvalue weighted by Gasteiger charge is -2.10. The van der Waals surface area contributed by atoms with E-state index in [0.717, 1.165) is 29.5 Å². The molecule has 0 radical (unpaired) electrons. The first kappa shape index (κ1) is 13.8. The largest absolute Gasteiger partial charge is 0.497 e. The zero-order valence-electron chi connectivity index (χ0n) is 11.8. The maximum absolute atomic E-state index is 6.13. The SMILES string of the molecule is COc1ccc2c(ccn2CCNc2ccccc2Cl)c1. The van der Waals surface area contributed by atoms with E-state index in [0.29, 0.717) is 0 Å². The van der Waals surface area contributed by atoms with Crippen molar-refractivity contribution in [2.45, 2.75) is 6.54 Å². The van der Waals surface area contributed by atoms with Gasteiger partial charge in [-0.05, 0) is 36.4 Å². The molecule has 3 rings (SSSR count). The zero-order valence-corrected chi connectivity index (χ0v) is 12.6. The predicted octanol–water partition coefficient (Wildman–Crippen LogP) is 4.42. The van der Waals surface area contributed by atoms with Crippen LogP contribution in [-0.2, 0) is 6.54 Å². The van der Waals surface area contributed by atoms with Crippen LogP contribution in [0.1, 0.15) is 0 Å². The number of rotatable bonds is 5. The van der Waals surface area contributed by atoms with E-state index < -0.39 is 0 Å². The summed E-state index contributed by atoms with van der Waals surface area (Å²) in [6, 6.07) is 16.0. The number of anilines is 1. The van der Waals surface area contributed by atoms with E-state index in [-0.39, 0.29) is 0 Å². The molecule has 3 nitrogen and oxygen atoms in total. The summed E-state index contributed by atoms with van der Waals surface area (Å²) in [5.74, 6) is 0.884. The molecule has 0 atom stereocenters. The monoisotopic (exact) mass is 300 g/mol. The van der Waals surface area contributed by atoms with Crippen LogP contribution >= 0.6 is 11.6 Å². The standard InChI is InChI=1S/C17H17ClN2O/c1-21-14-6-7-17-13(12-14)8-10-20(17)11-9-19-16-5-3-2-4-15(16)18/h2-8,10,12,19H,9,11H2,1H3. The van der Waals surface area contributed by atoms with E-state index >= 15 is 0 Å². The molecule has 0 amide bonds. The zero-order chi connectivity index (χ0) is 14.7. The predicted molar refractivity (Wildman–Crippen MR) is 88.4 cm³/mol. The van der Waals surface area contributed by atoms with Gasteiger partial charge in [0.05, 0.1) is 17.8 Å². The third kappa shape index (κ3) is 2.98. The second-order valence-corrected chi connectivity index (χ2v) is 5.25. The lowest BCUT2D eigenvalue weighted by Crippen LogP contribution is -2.09. The Labute approximate surface area is 129 Å². The Bertz CT molecular complexity index is 751. The highest BCUT2D eigenvalue weighted by molar-refractivity contribution is 6.33. The second kappa shape index (κ2) is 6.10. The average Bonchev–Trinajstić information content (AvgIpc) is 2.91. The van der Waals surface area contributed by atoms with Crippen molar-refractivity contribution in [3.8, 4) is 5.75 Å². The number of fused-ring (bicyclic) bond motifs is 1. The molecule has 108 valence electrons. The molecule has 0 bridgehead atoms. The van der Waals surface area contributed by atoms with E-state index in [1.165, 1.54) is 10.9 Å². The van der Waals surface area contributed by atoms with E-state index in [2.05, 4.69) is 28.2 Å². The van der Waals surface area contributed by atoms with Crippen LogP contribution in [-0.4, -0.2) is 18.2 Å². The van der Waals surface area contributed by atoms with Crippen molar-refractivity contribution in [3.05, 3.63) is 59.8 Å². The molecule has 2 aromatic carbocycles. The molecule has 1 heterocycles. The third-order valence-corrected chi connectivity index (χ3v) is 3.85. The van der Waals surface area contributed by atoms with E-state index in [1.807, 2.05) is 36.4 Å². The van der Waals surface area contributed by atoms with E-state index in [9.17, 15) is 0 Å². The van der Waals surface area contributed by atoms with Crippen LogP contribution in [0.5, 0.6) is 5.75 Å². The van der Waals surface area contributed by atoms with Crippen LogP contribution < -0.4 is 10.1 Å². The number of hydrogen-bond acceptors (Lipinski definition) is 2. The molecule has 1 N–H and O–H groups in total. The van der Waals surface area contributed by atoms with Gasteiger partial charge in [0, 0.05) is 30.2 Å². The molecule has 21 heavy (non-hydrogen) atoms. The normalized spacial score (nSPS) is 10.8. The molecule has 1 aromatic heterocycles. The summed E-state index contributed by atoms with van der Waals surface area (Å²) in [4.78, 5) is 0. The molecule has 0 saturated carbocycles. The number of methoxy groups -OCH3 is 1. The second-order valence-electron chi connectivity index (χ2n) is 4.84. The minimum atomic E-state index is 0.750. The van der Waals surface area contributed by atoms with Gasteiger partial charge in [0.15, 0.2) is 0 Å². The molecule has 4 heteroatoms. The van der Waals surface area contributed by atoms with Gasteiger partial charge in [0.2, 0.25) is 0 Å². The van der Waals surface area contributed by atoms with Crippen LogP contribution in [0.2, 0.25) is 5.02 Å². The first-order valence-corrected chi connectivity index (χ1v) is 7.27. The number of nitrogens with zero attached hydrogens (tertiary/aromatic N) is 1. The van der Waals surface area contributed by atoms with Gasteiger partial charge in [-0.3, -0.25) is 0 Å². The van der Waals surface area contributed by atoms with Crippen molar-refractivity contribution >= 4 is 28.2 Å². The van der Waals surface area contributed by atoms with Crippen LogP contribution in [0.3, 0.4) is 0 Å². The van der Waals surface area contributed by atoms with Gasteiger partial charge in [0.25, 0.3) is 0 Å². The van der Waals surface area contributed by atoms with Crippen molar-refractivity contribution in [1.29, 1.82) is 0 Å². The Morgan fingerprint density at radius 3 is 2.81 bits per heavy atom. The minimum absolute atomic E-state index is 0.750. The third-order valence-electron chi connectivity index (χ3n) is 3.52. The fraction of sp³-hybridized carbons (Fsp3) is 0.176. The number of benzene rings is 2. The van der Waals surface area contributed by atoms with Crippen LogP contribution in [0.15, 0.2) is 54.7 Å². The van der Waals surface area contributed by atoms with Gasteiger partial charge in [-0.2, -0.15) is 0 Å². The first-order valence-electron chi connectivity index (χ1n) is 6.89. The van der Waals surface area contributed by atoms with E-state index in [4.69, 9.17) is 16.3 Å². The maximum Gasteiger partial charge on any atom is 0.119 e. The lowest BCUT2D eigenvalue weighted by atomic mass is 10.2. The summed E-state index contributed by atoms with van der Waals surface area (Å²) in [5, 5.41) is 5.30. The van der Waals surface area contributed by atoms with Gasteiger partial charge in [-0.1, -0.05) is 23.7 Å².